The number of hydrogen-bond donors (Lipinski definition) is 1. The van der Waals surface area contributed by atoms with Gasteiger partial charge in [0.2, 0.25) is 0 Å². The highest BCUT2D eigenvalue weighted by molar-refractivity contribution is 9.10. The molecule has 0 radical (unpaired) electrons. The van der Waals surface area contributed by atoms with Crippen LogP contribution in [0.5, 0.6) is 0 Å². The van der Waals surface area contributed by atoms with Crippen LogP contribution in [-0.2, 0) is 9.05 Å². The number of aromatic amines is 1. The summed E-state index contributed by atoms with van der Waals surface area (Å²) in [5.41, 5.74) is 0.327. The first-order chi connectivity index (χ1) is 7.88. The zero-order valence-electron chi connectivity index (χ0n) is 7.99. The van der Waals surface area contributed by atoms with Gasteiger partial charge in [0.15, 0.2) is 5.82 Å². The van der Waals surface area contributed by atoms with Crippen LogP contribution in [0.3, 0.4) is 0 Å². The molecule has 0 bridgehead atoms. The van der Waals surface area contributed by atoms with Crippen molar-refractivity contribution in [1.82, 2.24) is 15.2 Å². The maximum atomic E-state index is 13.0. The van der Waals surface area contributed by atoms with Gasteiger partial charge in [0.1, 0.15) is 5.82 Å². The van der Waals surface area contributed by atoms with Crippen molar-refractivity contribution in [2.45, 2.75) is 5.16 Å². The molecule has 17 heavy (non-hydrogen) atoms. The lowest BCUT2D eigenvalue weighted by atomic mass is 10.2. The number of nitrogens with one attached hydrogen (secondary N) is 1. The summed E-state index contributed by atoms with van der Waals surface area (Å²) in [6.07, 6.45) is 0. The summed E-state index contributed by atoms with van der Waals surface area (Å²) in [5, 5.41) is 5.34. The largest absolute Gasteiger partial charge is 0.296 e. The molecular formula is C8H4BrClFN3O2S. The van der Waals surface area contributed by atoms with Crippen LogP contribution in [0.25, 0.3) is 11.4 Å². The topological polar surface area (TPSA) is 75.7 Å². The maximum Gasteiger partial charge on any atom is 0.296 e. The van der Waals surface area contributed by atoms with E-state index in [4.69, 9.17) is 10.7 Å². The standard InChI is InChI=1S/C8H4BrClFN3O2S/c9-6-2-1-4(11)3-5(6)7-12-8(14-13-7)17(10,15)16/h1-3H,(H,12,13,14). The van der Waals surface area contributed by atoms with Gasteiger partial charge in [0, 0.05) is 20.7 Å². The SMILES string of the molecule is O=S(=O)(Cl)c1nc(-c2cc(F)ccc2Br)n[nH]1. The van der Waals surface area contributed by atoms with Gasteiger partial charge in [0.25, 0.3) is 14.2 Å². The highest BCUT2D eigenvalue weighted by atomic mass is 79.9. The molecule has 90 valence electrons. The van der Waals surface area contributed by atoms with E-state index in [1.807, 2.05) is 0 Å². The average Bonchev–Trinajstić information content (AvgIpc) is 2.70. The van der Waals surface area contributed by atoms with Gasteiger partial charge in [-0.2, -0.15) is 10.1 Å². The summed E-state index contributed by atoms with van der Waals surface area (Å²) in [4.78, 5) is 3.67. The molecule has 0 spiro atoms. The molecular weight excluding hydrogens is 337 g/mol. The van der Waals surface area contributed by atoms with Gasteiger partial charge in [-0.25, -0.2) is 17.9 Å². The molecule has 0 amide bonds. The second-order valence-electron chi connectivity index (χ2n) is 3.03. The van der Waals surface area contributed by atoms with Crippen molar-refractivity contribution in [1.29, 1.82) is 0 Å². The van der Waals surface area contributed by atoms with Crippen molar-refractivity contribution < 1.29 is 12.8 Å². The lowest BCUT2D eigenvalue weighted by Gasteiger charge is -1.98. The van der Waals surface area contributed by atoms with Crippen molar-refractivity contribution in [2.75, 3.05) is 0 Å². The van der Waals surface area contributed by atoms with Gasteiger partial charge in [-0.3, -0.25) is 0 Å². The van der Waals surface area contributed by atoms with E-state index in [2.05, 4.69) is 31.1 Å². The monoisotopic (exact) mass is 339 g/mol. The van der Waals surface area contributed by atoms with E-state index >= 15 is 0 Å². The fraction of sp³-hybridized carbons (Fsp3) is 0. The average molecular weight is 341 g/mol. The Labute approximate surface area is 109 Å². The summed E-state index contributed by atoms with van der Waals surface area (Å²) in [7, 11) is 1.10. The molecule has 0 saturated heterocycles. The van der Waals surface area contributed by atoms with Crippen LogP contribution < -0.4 is 0 Å². The molecule has 1 aromatic heterocycles. The molecule has 9 heteroatoms. The van der Waals surface area contributed by atoms with Gasteiger partial charge >= 0.3 is 0 Å². The molecule has 0 atom stereocenters. The third-order valence-corrected chi connectivity index (χ3v) is 3.64. The van der Waals surface area contributed by atoms with Gasteiger partial charge < -0.3 is 0 Å². The molecule has 0 fully saturated rings. The summed E-state index contributed by atoms with van der Waals surface area (Å²) >= 11 is 3.18. The Bertz CT molecular complexity index is 673. The first kappa shape index (κ1) is 12.5. The fourth-order valence-electron chi connectivity index (χ4n) is 1.15. The van der Waals surface area contributed by atoms with Crippen molar-refractivity contribution in [2.24, 2.45) is 0 Å². The number of nitrogens with zero attached hydrogens (tertiary/aromatic N) is 2. The number of benzene rings is 1. The van der Waals surface area contributed by atoms with Gasteiger partial charge in [-0.1, -0.05) is 15.9 Å². The second kappa shape index (κ2) is 4.35. The molecule has 2 aromatic rings. The summed E-state index contributed by atoms with van der Waals surface area (Å²) in [6, 6.07) is 3.90. The number of rotatable bonds is 2. The molecule has 0 aliphatic rings. The molecule has 0 aliphatic heterocycles. The van der Waals surface area contributed by atoms with Crippen molar-refractivity contribution in [3.63, 3.8) is 0 Å². The molecule has 0 aliphatic carbocycles. The minimum Gasteiger partial charge on any atom is -0.248 e. The Morgan fingerprint density at radius 2 is 2.12 bits per heavy atom. The summed E-state index contributed by atoms with van der Waals surface area (Å²) < 4.78 is 35.5. The predicted octanol–water partition coefficient (Wildman–Crippen LogP) is 2.30. The van der Waals surface area contributed by atoms with E-state index in [1.54, 1.807) is 0 Å². The van der Waals surface area contributed by atoms with Gasteiger partial charge in [0.05, 0.1) is 0 Å². The minimum absolute atomic E-state index is 0.0376. The molecule has 1 heterocycles. The quantitative estimate of drug-likeness (QED) is 0.851. The number of halogens is 3. The molecule has 5 nitrogen and oxygen atoms in total. The maximum absolute atomic E-state index is 13.0. The molecule has 0 saturated carbocycles. The summed E-state index contributed by atoms with van der Waals surface area (Å²) in [6.45, 7) is 0. The Kier molecular flexibility index (Phi) is 3.19. The lowest BCUT2D eigenvalue weighted by Crippen LogP contribution is -1.93. The Morgan fingerprint density at radius 3 is 2.71 bits per heavy atom. The van der Waals surface area contributed by atoms with Crippen molar-refractivity contribution >= 4 is 35.7 Å². The molecule has 1 aromatic carbocycles. The van der Waals surface area contributed by atoms with E-state index in [0.29, 0.717) is 10.0 Å². The zero-order valence-corrected chi connectivity index (χ0v) is 11.1. The Hall–Kier alpha value is -0.990. The van der Waals surface area contributed by atoms with Crippen LogP contribution in [0, 0.1) is 5.82 Å². The molecule has 1 N–H and O–H groups in total. The van der Waals surface area contributed by atoms with E-state index in [-0.39, 0.29) is 5.82 Å². The summed E-state index contributed by atoms with van der Waals surface area (Å²) in [5.74, 6) is -0.445. The van der Waals surface area contributed by atoms with Crippen molar-refractivity contribution in [3.05, 3.63) is 28.5 Å². The van der Waals surface area contributed by atoms with Gasteiger partial charge in [-0.05, 0) is 18.2 Å². The van der Waals surface area contributed by atoms with E-state index in [0.717, 1.165) is 0 Å². The van der Waals surface area contributed by atoms with E-state index in [9.17, 15) is 12.8 Å². The smallest absolute Gasteiger partial charge is 0.248 e. The minimum atomic E-state index is -3.98. The number of hydrogen-bond acceptors (Lipinski definition) is 4. The fourth-order valence-corrected chi connectivity index (χ4v) is 2.13. The number of H-pyrrole nitrogens is 1. The first-order valence-electron chi connectivity index (χ1n) is 4.20. The Morgan fingerprint density at radius 1 is 1.41 bits per heavy atom. The third-order valence-electron chi connectivity index (χ3n) is 1.87. The van der Waals surface area contributed by atoms with Crippen LogP contribution >= 0.6 is 26.6 Å². The highest BCUT2D eigenvalue weighted by Gasteiger charge is 2.18. The third kappa shape index (κ3) is 2.64. The van der Waals surface area contributed by atoms with Crippen LogP contribution in [0.2, 0.25) is 0 Å². The van der Waals surface area contributed by atoms with Crippen LogP contribution in [0.1, 0.15) is 0 Å². The first-order valence-corrected chi connectivity index (χ1v) is 7.30. The highest BCUT2D eigenvalue weighted by Crippen LogP contribution is 2.27. The van der Waals surface area contributed by atoms with Gasteiger partial charge in [-0.15, -0.1) is 0 Å². The van der Waals surface area contributed by atoms with Crippen LogP contribution in [0.15, 0.2) is 27.8 Å². The molecule has 2 rings (SSSR count). The van der Waals surface area contributed by atoms with E-state index < -0.39 is 20.0 Å². The normalized spacial score (nSPS) is 11.7. The second-order valence-corrected chi connectivity index (χ2v) is 6.36. The van der Waals surface area contributed by atoms with E-state index in [1.165, 1.54) is 18.2 Å². The van der Waals surface area contributed by atoms with Crippen molar-refractivity contribution in [3.8, 4) is 11.4 Å². The number of aromatic nitrogens is 3. The lowest BCUT2D eigenvalue weighted by molar-refractivity contribution is 0.602. The Balaban J connectivity index is 2.55. The van der Waals surface area contributed by atoms with Crippen LogP contribution in [-0.4, -0.2) is 23.6 Å². The molecule has 0 unspecified atom stereocenters. The van der Waals surface area contributed by atoms with Crippen LogP contribution in [0.4, 0.5) is 4.39 Å². The zero-order chi connectivity index (χ0) is 12.6. The predicted molar refractivity (Wildman–Crippen MR) is 62.5 cm³/mol.